The molecule has 0 saturated heterocycles. The van der Waals surface area contributed by atoms with E-state index in [1.165, 1.54) is 0 Å². The summed E-state index contributed by atoms with van der Waals surface area (Å²) in [5, 5.41) is 16.0. The number of aryl methyl sites for hydroxylation is 1. The Balaban J connectivity index is 2.54. The summed E-state index contributed by atoms with van der Waals surface area (Å²) in [5.41, 5.74) is 2.05. The van der Waals surface area contributed by atoms with Gasteiger partial charge in [0.1, 0.15) is 0 Å². The zero-order valence-electron chi connectivity index (χ0n) is 7.37. The smallest absolute Gasteiger partial charge is 0.356 e. The van der Waals surface area contributed by atoms with Crippen molar-refractivity contribution in [1.82, 2.24) is 15.1 Å². The first-order valence-corrected chi connectivity index (χ1v) is 4.26. The van der Waals surface area contributed by atoms with Crippen molar-refractivity contribution < 1.29 is 9.90 Å². The van der Waals surface area contributed by atoms with Crippen LogP contribution in [0.1, 0.15) is 28.7 Å². The number of aromatic carboxylic acids is 1. The van der Waals surface area contributed by atoms with Gasteiger partial charge < -0.3 is 10.4 Å². The van der Waals surface area contributed by atoms with Crippen molar-refractivity contribution >= 4 is 5.97 Å². The van der Waals surface area contributed by atoms with Crippen LogP contribution in [0.3, 0.4) is 0 Å². The molecule has 70 valence electrons. The van der Waals surface area contributed by atoms with E-state index < -0.39 is 5.97 Å². The topological polar surface area (TPSA) is 67.2 Å². The number of carboxylic acid groups (broad SMARTS) is 1. The molecular formula is C8H11N3O2. The van der Waals surface area contributed by atoms with Gasteiger partial charge in [0.2, 0.25) is 0 Å². The highest BCUT2D eigenvalue weighted by molar-refractivity contribution is 5.87. The van der Waals surface area contributed by atoms with Crippen LogP contribution in [0.15, 0.2) is 0 Å². The average molecular weight is 181 g/mol. The number of hydrogen-bond acceptors (Lipinski definition) is 3. The van der Waals surface area contributed by atoms with Crippen LogP contribution in [0.25, 0.3) is 0 Å². The van der Waals surface area contributed by atoms with Crippen LogP contribution in [0.4, 0.5) is 0 Å². The summed E-state index contributed by atoms with van der Waals surface area (Å²) in [6.45, 7) is 4.02. The maximum atomic E-state index is 10.8. The van der Waals surface area contributed by atoms with Gasteiger partial charge in [0, 0.05) is 25.2 Å². The van der Waals surface area contributed by atoms with E-state index in [0.717, 1.165) is 24.3 Å². The summed E-state index contributed by atoms with van der Waals surface area (Å²) in [6.07, 6.45) is 0. The largest absolute Gasteiger partial charge is 0.476 e. The van der Waals surface area contributed by atoms with Crippen molar-refractivity contribution in [2.24, 2.45) is 0 Å². The van der Waals surface area contributed by atoms with Crippen molar-refractivity contribution in [3.05, 3.63) is 17.0 Å². The number of carboxylic acids is 1. The van der Waals surface area contributed by atoms with Crippen LogP contribution in [0.2, 0.25) is 0 Å². The van der Waals surface area contributed by atoms with Crippen LogP contribution < -0.4 is 5.32 Å². The fraction of sp³-hybridized carbons (Fsp3) is 0.500. The summed E-state index contributed by atoms with van der Waals surface area (Å²) in [4.78, 5) is 10.8. The molecule has 5 heteroatoms. The first-order valence-electron chi connectivity index (χ1n) is 4.26. The Morgan fingerprint density at radius 3 is 3.08 bits per heavy atom. The maximum absolute atomic E-state index is 10.8. The first-order chi connectivity index (χ1) is 6.24. The molecule has 0 aliphatic carbocycles. The Morgan fingerprint density at radius 2 is 2.46 bits per heavy atom. The lowest BCUT2D eigenvalue weighted by Gasteiger charge is -1.98. The Hall–Kier alpha value is -1.36. The third-order valence-corrected chi connectivity index (χ3v) is 2.26. The molecule has 5 nitrogen and oxygen atoms in total. The standard InChI is InChI=1S/C8H11N3O2/c1-2-11-6-4-9-3-5(6)7(10-11)8(12)13/h9H,2-4H2,1H3,(H,12,13). The van der Waals surface area contributed by atoms with Gasteiger partial charge in [-0.1, -0.05) is 0 Å². The van der Waals surface area contributed by atoms with E-state index in [0.29, 0.717) is 6.54 Å². The second-order valence-electron chi connectivity index (χ2n) is 3.00. The lowest BCUT2D eigenvalue weighted by atomic mass is 10.2. The van der Waals surface area contributed by atoms with Gasteiger partial charge in [0.05, 0.1) is 5.69 Å². The lowest BCUT2D eigenvalue weighted by molar-refractivity contribution is 0.0688. The molecule has 2 rings (SSSR count). The highest BCUT2D eigenvalue weighted by atomic mass is 16.4. The minimum Gasteiger partial charge on any atom is -0.476 e. The van der Waals surface area contributed by atoms with Gasteiger partial charge in [-0.3, -0.25) is 4.68 Å². The number of aromatic nitrogens is 2. The van der Waals surface area contributed by atoms with E-state index in [-0.39, 0.29) is 5.69 Å². The fourth-order valence-corrected chi connectivity index (χ4v) is 1.66. The molecule has 0 bridgehead atoms. The Labute approximate surface area is 75.4 Å². The van der Waals surface area contributed by atoms with Gasteiger partial charge in [-0.15, -0.1) is 0 Å². The van der Waals surface area contributed by atoms with Crippen LogP contribution >= 0.6 is 0 Å². The van der Waals surface area contributed by atoms with E-state index >= 15 is 0 Å². The van der Waals surface area contributed by atoms with Crippen LogP contribution in [-0.2, 0) is 19.6 Å². The predicted octanol–water partition coefficient (Wildman–Crippen LogP) is 0.204. The van der Waals surface area contributed by atoms with Gasteiger partial charge >= 0.3 is 5.97 Å². The molecule has 0 amide bonds. The summed E-state index contributed by atoms with van der Waals surface area (Å²) < 4.78 is 1.75. The van der Waals surface area contributed by atoms with E-state index in [4.69, 9.17) is 5.11 Å². The molecule has 0 atom stereocenters. The van der Waals surface area contributed by atoms with E-state index in [2.05, 4.69) is 10.4 Å². The molecule has 2 heterocycles. The molecule has 0 fully saturated rings. The summed E-state index contributed by atoms with van der Waals surface area (Å²) in [7, 11) is 0. The zero-order chi connectivity index (χ0) is 9.42. The molecule has 1 aromatic heterocycles. The molecule has 0 unspecified atom stereocenters. The Kier molecular flexibility index (Phi) is 1.81. The third kappa shape index (κ3) is 1.12. The zero-order valence-corrected chi connectivity index (χ0v) is 7.37. The highest BCUT2D eigenvalue weighted by Crippen LogP contribution is 2.19. The number of carbonyl (C=O) groups is 1. The monoisotopic (exact) mass is 181 g/mol. The highest BCUT2D eigenvalue weighted by Gasteiger charge is 2.24. The molecule has 2 N–H and O–H groups in total. The minimum atomic E-state index is -0.938. The number of hydrogen-bond donors (Lipinski definition) is 2. The van der Waals surface area contributed by atoms with Crippen molar-refractivity contribution in [2.75, 3.05) is 0 Å². The molecule has 0 spiro atoms. The average Bonchev–Trinajstić information content (AvgIpc) is 2.61. The number of fused-ring (bicyclic) bond motifs is 1. The molecule has 1 aliphatic heterocycles. The quantitative estimate of drug-likeness (QED) is 0.684. The summed E-state index contributed by atoms with van der Waals surface area (Å²) >= 11 is 0. The maximum Gasteiger partial charge on any atom is 0.356 e. The Morgan fingerprint density at radius 1 is 1.69 bits per heavy atom. The summed E-state index contributed by atoms with van der Waals surface area (Å²) in [5.74, 6) is -0.938. The van der Waals surface area contributed by atoms with Gasteiger partial charge in [-0.2, -0.15) is 5.10 Å². The van der Waals surface area contributed by atoms with Crippen LogP contribution in [0, 0.1) is 0 Å². The van der Waals surface area contributed by atoms with Gasteiger partial charge in [-0.05, 0) is 6.92 Å². The van der Waals surface area contributed by atoms with E-state index in [9.17, 15) is 4.79 Å². The fourth-order valence-electron chi connectivity index (χ4n) is 1.66. The van der Waals surface area contributed by atoms with E-state index in [1.54, 1.807) is 4.68 Å². The number of rotatable bonds is 2. The molecule has 0 aromatic carbocycles. The predicted molar refractivity (Wildman–Crippen MR) is 45.4 cm³/mol. The number of nitrogens with one attached hydrogen (secondary N) is 1. The van der Waals surface area contributed by atoms with Crippen molar-refractivity contribution in [2.45, 2.75) is 26.6 Å². The molecule has 13 heavy (non-hydrogen) atoms. The third-order valence-electron chi connectivity index (χ3n) is 2.26. The van der Waals surface area contributed by atoms with Gasteiger partial charge in [0.25, 0.3) is 0 Å². The molecule has 1 aromatic rings. The number of nitrogens with zero attached hydrogens (tertiary/aromatic N) is 2. The summed E-state index contributed by atoms with van der Waals surface area (Å²) in [6, 6.07) is 0. The van der Waals surface area contributed by atoms with Crippen LogP contribution in [-0.4, -0.2) is 20.9 Å². The molecule has 0 saturated carbocycles. The van der Waals surface area contributed by atoms with Crippen molar-refractivity contribution in [1.29, 1.82) is 0 Å². The minimum absolute atomic E-state index is 0.196. The Bertz CT molecular complexity index is 357. The van der Waals surface area contributed by atoms with E-state index in [1.807, 2.05) is 6.92 Å². The van der Waals surface area contributed by atoms with Gasteiger partial charge in [0.15, 0.2) is 5.69 Å². The lowest BCUT2D eigenvalue weighted by Crippen LogP contribution is -2.10. The van der Waals surface area contributed by atoms with Crippen molar-refractivity contribution in [3.63, 3.8) is 0 Å². The normalized spacial score (nSPS) is 14.5. The second-order valence-corrected chi connectivity index (χ2v) is 3.00. The van der Waals surface area contributed by atoms with Crippen LogP contribution in [0.5, 0.6) is 0 Å². The molecular weight excluding hydrogens is 170 g/mol. The molecule has 0 radical (unpaired) electrons. The van der Waals surface area contributed by atoms with Crippen molar-refractivity contribution in [3.8, 4) is 0 Å². The first kappa shape index (κ1) is 8.25. The van der Waals surface area contributed by atoms with Gasteiger partial charge in [-0.25, -0.2) is 4.79 Å². The molecule has 1 aliphatic rings. The second kappa shape index (κ2) is 2.85. The SMILES string of the molecule is CCn1nc(C(=O)O)c2c1CNC2.